The molecule has 0 spiro atoms. The van der Waals surface area contributed by atoms with Gasteiger partial charge in [0.15, 0.2) is 0 Å². The molecule has 1 radical (unpaired) electrons. The van der Waals surface area contributed by atoms with Crippen LogP contribution in [0.1, 0.15) is 16.7 Å². The van der Waals surface area contributed by atoms with Crippen molar-refractivity contribution < 1.29 is 43.9 Å². The topological polar surface area (TPSA) is 0 Å². The molecule has 41 heavy (non-hydrogen) atoms. The number of allylic oxidation sites excluding steroid dienone is 1. The molecule has 4 aromatic rings. The summed E-state index contributed by atoms with van der Waals surface area (Å²) >= 11 is 0. The zero-order chi connectivity index (χ0) is 29.9. The third-order valence-electron chi connectivity index (χ3n) is 6.69. The molecule has 205 valence electrons. The SMILES string of the molecule is [B]=C1C(C=[Si](C)c2ccccc2)=C(c2c(F)c(F)c(F)c(F)c2F)c2c1cccc2-c1c(F)c(F)c(F)c(F)c1F. The van der Waals surface area contributed by atoms with E-state index < -0.39 is 94.4 Å². The van der Waals surface area contributed by atoms with Gasteiger partial charge in [0, 0.05) is 0 Å². The van der Waals surface area contributed by atoms with Crippen LogP contribution in [0.2, 0.25) is 6.55 Å². The van der Waals surface area contributed by atoms with Crippen LogP contribution in [0.15, 0.2) is 54.1 Å². The van der Waals surface area contributed by atoms with E-state index in [1.807, 2.05) is 0 Å². The number of halogens is 10. The third kappa shape index (κ3) is 4.32. The van der Waals surface area contributed by atoms with Gasteiger partial charge in [-0.05, 0) is 0 Å². The van der Waals surface area contributed by atoms with Gasteiger partial charge in [0.2, 0.25) is 0 Å². The molecule has 0 heterocycles. The van der Waals surface area contributed by atoms with Crippen LogP contribution in [0, 0.1) is 58.2 Å². The summed E-state index contributed by atoms with van der Waals surface area (Å²) in [5.74, 6) is -23.2. The molecule has 1 aliphatic rings. The molecule has 0 aliphatic heterocycles. The minimum absolute atomic E-state index is 0.181. The van der Waals surface area contributed by atoms with E-state index in [1.165, 1.54) is 11.7 Å². The summed E-state index contributed by atoms with van der Waals surface area (Å²) in [5.41, 5.74) is -4.32. The third-order valence-corrected chi connectivity index (χ3v) is 8.66. The fraction of sp³-hybridized carbons (Fsp3) is 0.0345. The Morgan fingerprint density at radius 1 is 0.512 bits per heavy atom. The molecule has 0 saturated carbocycles. The fourth-order valence-corrected chi connectivity index (χ4v) is 6.36. The monoisotopic (exact) mass is 589 g/mol. The second-order valence-electron chi connectivity index (χ2n) is 9.01. The van der Waals surface area contributed by atoms with E-state index in [9.17, 15) is 35.1 Å². The van der Waals surface area contributed by atoms with Crippen molar-refractivity contribution in [2.45, 2.75) is 6.55 Å². The van der Waals surface area contributed by atoms with Gasteiger partial charge in [-0.3, -0.25) is 0 Å². The van der Waals surface area contributed by atoms with E-state index in [2.05, 4.69) is 0 Å². The Bertz CT molecular complexity index is 1800. The molecule has 12 heteroatoms. The standard InChI is InChI=1S/C29H12BF10Si/c1-41(11-6-3-2-4-7-11)10-14-16(18-22(33)26(37)29(40)27(38)23(18)34)15-12(8-5-9-13(15)19(14)30)17-20(31)24(35)28(39)25(36)21(17)32/h2-10H,1H3. The molecule has 4 aromatic carbocycles. The van der Waals surface area contributed by atoms with Crippen LogP contribution in [-0.2, 0) is 0 Å². The van der Waals surface area contributed by atoms with E-state index in [0.717, 1.165) is 17.3 Å². The number of hydrogen-bond donors (Lipinski definition) is 0. The Morgan fingerprint density at radius 2 is 0.951 bits per heavy atom. The summed E-state index contributed by atoms with van der Waals surface area (Å²) in [7, 11) is 4.49. The summed E-state index contributed by atoms with van der Waals surface area (Å²) in [6.07, 6.45) is 0. The van der Waals surface area contributed by atoms with Gasteiger partial charge in [-0.1, -0.05) is 0 Å². The van der Waals surface area contributed by atoms with E-state index in [4.69, 9.17) is 7.49 Å². The molecule has 0 bridgehead atoms. The van der Waals surface area contributed by atoms with Crippen LogP contribution in [-0.4, -0.2) is 27.0 Å². The van der Waals surface area contributed by atoms with E-state index in [1.54, 1.807) is 36.9 Å². The molecule has 0 aromatic heterocycles. The number of benzene rings is 4. The van der Waals surface area contributed by atoms with Crippen LogP contribution in [0.3, 0.4) is 0 Å². The first kappa shape index (κ1) is 28.5. The predicted octanol–water partition coefficient (Wildman–Crippen LogP) is 6.66. The molecule has 5 rings (SSSR count). The second-order valence-corrected chi connectivity index (χ2v) is 11.2. The van der Waals surface area contributed by atoms with Gasteiger partial charge in [-0.15, -0.1) is 0 Å². The molecular weight excluding hydrogens is 577 g/mol. The Hall–Kier alpha value is -4.06. The van der Waals surface area contributed by atoms with Crippen molar-refractivity contribution in [2.24, 2.45) is 0 Å². The Morgan fingerprint density at radius 3 is 1.46 bits per heavy atom. The maximum absolute atomic E-state index is 15.3. The van der Waals surface area contributed by atoms with Crippen molar-refractivity contribution in [1.82, 2.24) is 0 Å². The fourth-order valence-electron chi connectivity index (χ4n) is 4.75. The summed E-state index contributed by atoms with van der Waals surface area (Å²) in [6.45, 7) is 1.73. The molecular formula is C29H12BF10Si. The summed E-state index contributed by atoms with van der Waals surface area (Å²) in [4.78, 5) is 0. The number of hydrogen-bond acceptors (Lipinski definition) is 0. The van der Waals surface area contributed by atoms with Crippen molar-refractivity contribution in [1.29, 1.82) is 0 Å². The van der Waals surface area contributed by atoms with Gasteiger partial charge >= 0.3 is 228 Å². The van der Waals surface area contributed by atoms with Gasteiger partial charge in [-0.25, -0.2) is 0 Å². The first-order chi connectivity index (χ1) is 19.4. The Labute approximate surface area is 228 Å². The Kier molecular flexibility index (Phi) is 7.23. The van der Waals surface area contributed by atoms with Crippen molar-refractivity contribution in [3.8, 4) is 11.1 Å². The van der Waals surface area contributed by atoms with Crippen molar-refractivity contribution in [2.75, 3.05) is 0 Å². The molecule has 1 aliphatic carbocycles. The number of rotatable bonds is 4. The quantitative estimate of drug-likeness (QED) is 0.108. The average molecular weight is 589 g/mol. The van der Waals surface area contributed by atoms with Gasteiger partial charge in [0.05, 0.1) is 0 Å². The molecule has 0 saturated heterocycles. The van der Waals surface area contributed by atoms with Crippen LogP contribution in [0.4, 0.5) is 43.9 Å². The van der Waals surface area contributed by atoms with Gasteiger partial charge in [0.25, 0.3) is 0 Å². The molecule has 0 fully saturated rings. The van der Waals surface area contributed by atoms with Crippen LogP contribution < -0.4 is 5.19 Å². The zero-order valence-corrected chi connectivity index (χ0v) is 21.6. The average Bonchev–Trinajstić information content (AvgIpc) is 3.25. The van der Waals surface area contributed by atoms with Crippen molar-refractivity contribution in [3.05, 3.63) is 129 Å². The summed E-state index contributed by atoms with van der Waals surface area (Å²) in [6, 6.07) is 11.8. The van der Waals surface area contributed by atoms with E-state index in [-0.39, 0.29) is 16.6 Å². The van der Waals surface area contributed by atoms with Crippen molar-refractivity contribution >= 4 is 37.8 Å². The second kappa shape index (κ2) is 10.4. The molecule has 0 N–H and O–H groups in total. The van der Waals surface area contributed by atoms with Gasteiger partial charge in [0.1, 0.15) is 0 Å². The zero-order valence-electron chi connectivity index (χ0n) is 20.6. The molecule has 0 unspecified atom stereocenters. The number of fused-ring (bicyclic) bond motifs is 1. The van der Waals surface area contributed by atoms with Gasteiger partial charge in [-0.2, -0.15) is 0 Å². The minimum atomic E-state index is -2.46. The first-order valence-electron chi connectivity index (χ1n) is 11.7. The Balaban J connectivity index is 1.96. The molecule has 0 nitrogen and oxygen atoms in total. The normalized spacial score (nSPS) is 13.3. The predicted molar refractivity (Wildman–Crippen MR) is 138 cm³/mol. The van der Waals surface area contributed by atoms with Crippen LogP contribution in [0.5, 0.6) is 0 Å². The van der Waals surface area contributed by atoms with Gasteiger partial charge < -0.3 is 0 Å². The van der Waals surface area contributed by atoms with E-state index in [0.29, 0.717) is 0 Å². The molecule has 0 amide bonds. The summed E-state index contributed by atoms with van der Waals surface area (Å²) < 4.78 is 145. The van der Waals surface area contributed by atoms with Crippen LogP contribution in [0.25, 0.3) is 16.7 Å². The molecule has 0 atom stereocenters. The van der Waals surface area contributed by atoms with E-state index >= 15 is 8.78 Å². The summed E-state index contributed by atoms with van der Waals surface area (Å²) in [5, 5.41) is 0.741. The maximum atomic E-state index is 15.3. The first-order valence-corrected chi connectivity index (χ1v) is 13.7. The van der Waals surface area contributed by atoms with Crippen LogP contribution >= 0.6 is 0 Å². The van der Waals surface area contributed by atoms with Crippen molar-refractivity contribution in [3.63, 3.8) is 0 Å².